The molecule has 0 aliphatic rings. The summed E-state index contributed by atoms with van der Waals surface area (Å²) in [6.07, 6.45) is 3.04. The number of hydrogen-bond acceptors (Lipinski definition) is 3. The summed E-state index contributed by atoms with van der Waals surface area (Å²) in [6, 6.07) is 3.27. The molecule has 0 amide bonds. The van der Waals surface area contributed by atoms with Crippen molar-refractivity contribution in [3.8, 4) is 6.19 Å². The highest BCUT2D eigenvalue weighted by molar-refractivity contribution is 6.29. The molecule has 0 aliphatic heterocycles. The van der Waals surface area contributed by atoms with Gasteiger partial charge in [0.1, 0.15) is 11.0 Å². The van der Waals surface area contributed by atoms with Crippen molar-refractivity contribution in [3.05, 3.63) is 29.0 Å². The zero-order chi connectivity index (χ0) is 12.9. The van der Waals surface area contributed by atoms with Crippen molar-refractivity contribution >= 4 is 17.4 Å². The number of nitrogens with zero attached hydrogens (tertiary/aromatic N) is 3. The maximum atomic E-state index is 8.41. The molecule has 1 aromatic rings. The number of aliphatic imine (C=N–C) groups is 1. The third kappa shape index (κ3) is 3.42. The van der Waals surface area contributed by atoms with Gasteiger partial charge in [0.15, 0.2) is 6.19 Å². The SMILES string of the molecule is [2H]C([2H])([2H])C(=NCc1ccc(Cl)nc1)N[13C]#N. The lowest BCUT2D eigenvalue weighted by atomic mass is 10.3. The van der Waals surface area contributed by atoms with E-state index >= 15 is 0 Å². The molecular formula is C9H9ClN4. The largest absolute Gasteiger partial charge is 0.281 e. The van der Waals surface area contributed by atoms with Gasteiger partial charge in [0.05, 0.1) is 6.54 Å². The van der Waals surface area contributed by atoms with Crippen LogP contribution >= 0.6 is 11.6 Å². The van der Waals surface area contributed by atoms with Gasteiger partial charge in [-0.15, -0.1) is 0 Å². The highest BCUT2D eigenvalue weighted by atomic mass is 35.5. The van der Waals surface area contributed by atoms with Crippen LogP contribution < -0.4 is 5.32 Å². The van der Waals surface area contributed by atoms with Crippen molar-refractivity contribution in [2.75, 3.05) is 0 Å². The number of halogens is 1. The first-order valence-electron chi connectivity index (χ1n) is 5.24. The van der Waals surface area contributed by atoms with E-state index in [1.807, 2.05) is 0 Å². The average Bonchev–Trinajstić information content (AvgIpc) is 2.25. The second kappa shape index (κ2) is 5.20. The normalized spacial score (nSPS) is 14.9. The van der Waals surface area contributed by atoms with Crippen LogP contribution in [0.3, 0.4) is 0 Å². The predicted molar refractivity (Wildman–Crippen MR) is 54.8 cm³/mol. The van der Waals surface area contributed by atoms with Crippen LogP contribution in [0.15, 0.2) is 23.3 Å². The first-order chi connectivity index (χ1) is 7.93. The molecule has 0 fully saturated rings. The van der Waals surface area contributed by atoms with Gasteiger partial charge in [-0.2, -0.15) is 5.26 Å². The molecule has 14 heavy (non-hydrogen) atoms. The van der Waals surface area contributed by atoms with E-state index in [4.69, 9.17) is 21.0 Å². The molecule has 1 aromatic heterocycles. The van der Waals surface area contributed by atoms with Gasteiger partial charge in [0, 0.05) is 10.3 Å². The first-order valence-corrected chi connectivity index (χ1v) is 4.12. The number of hydrogen-bond donors (Lipinski definition) is 1. The Morgan fingerprint density at radius 1 is 1.86 bits per heavy atom. The van der Waals surface area contributed by atoms with E-state index in [2.05, 4.69) is 15.3 Å². The lowest BCUT2D eigenvalue weighted by Crippen LogP contribution is -2.13. The number of aromatic nitrogens is 1. The fraction of sp³-hybridized carbons (Fsp3) is 0.222. The van der Waals surface area contributed by atoms with Crippen molar-refractivity contribution < 1.29 is 4.11 Å². The Kier molecular flexibility index (Phi) is 2.52. The van der Waals surface area contributed by atoms with E-state index in [1.165, 1.54) is 6.20 Å². The van der Waals surface area contributed by atoms with Gasteiger partial charge in [0.2, 0.25) is 0 Å². The molecule has 1 N–H and O–H groups in total. The average molecular weight is 213 g/mol. The molecule has 0 aliphatic carbocycles. The molecule has 0 aromatic carbocycles. The number of rotatable bonds is 2. The van der Waals surface area contributed by atoms with E-state index in [1.54, 1.807) is 18.3 Å². The number of nitrogens with one attached hydrogen (secondary N) is 1. The van der Waals surface area contributed by atoms with Gasteiger partial charge in [-0.3, -0.25) is 10.3 Å². The lowest BCUT2D eigenvalue weighted by Gasteiger charge is -1.97. The monoisotopic (exact) mass is 212 g/mol. The summed E-state index contributed by atoms with van der Waals surface area (Å²) in [4.78, 5) is 7.66. The minimum atomic E-state index is -2.43. The Hall–Kier alpha value is -1.60. The van der Waals surface area contributed by atoms with Crippen molar-refractivity contribution in [1.29, 1.82) is 5.26 Å². The van der Waals surface area contributed by atoms with Crippen molar-refractivity contribution in [2.24, 2.45) is 4.99 Å². The van der Waals surface area contributed by atoms with Crippen LogP contribution in [0.2, 0.25) is 5.15 Å². The van der Waals surface area contributed by atoms with Gasteiger partial charge in [-0.25, -0.2) is 4.98 Å². The standard InChI is InChI=1S/C9H9ClN4/c1-7(14-6-11)12-4-8-2-3-9(10)13-5-8/h2-3,5H,4H2,1H3,(H,12,14)/i1D3,6+1. The fourth-order valence-electron chi connectivity index (χ4n) is 0.763. The van der Waals surface area contributed by atoms with Gasteiger partial charge >= 0.3 is 0 Å². The Morgan fingerprint density at radius 2 is 2.71 bits per heavy atom. The molecule has 4 nitrogen and oxygen atoms in total. The molecule has 5 heteroatoms. The molecule has 0 saturated heterocycles. The van der Waals surface area contributed by atoms with Gasteiger partial charge in [0.25, 0.3) is 0 Å². The quantitative estimate of drug-likeness (QED) is 0.203. The van der Waals surface area contributed by atoms with Crippen LogP contribution in [0.5, 0.6) is 0 Å². The number of amidine groups is 1. The minimum Gasteiger partial charge on any atom is -0.281 e. The Bertz CT molecular complexity index is 447. The number of nitriles is 1. The lowest BCUT2D eigenvalue weighted by molar-refractivity contribution is 1.02. The van der Waals surface area contributed by atoms with Gasteiger partial charge in [-0.1, -0.05) is 17.7 Å². The smallest absolute Gasteiger partial charge is 0.182 e. The summed E-state index contributed by atoms with van der Waals surface area (Å²) in [5.74, 6) is -0.338. The molecular weight excluding hydrogens is 201 g/mol. The van der Waals surface area contributed by atoms with Crippen LogP contribution in [0.4, 0.5) is 0 Å². The van der Waals surface area contributed by atoms with Crippen molar-refractivity contribution in [2.45, 2.75) is 13.4 Å². The summed E-state index contributed by atoms with van der Waals surface area (Å²) in [6.45, 7) is -2.32. The Labute approximate surface area is 91.5 Å². The summed E-state index contributed by atoms with van der Waals surface area (Å²) in [7, 11) is 0. The topological polar surface area (TPSA) is 61.1 Å². The van der Waals surface area contributed by atoms with Crippen LogP contribution in [0, 0.1) is 11.5 Å². The van der Waals surface area contributed by atoms with Crippen LogP contribution in [-0.4, -0.2) is 10.8 Å². The van der Waals surface area contributed by atoms with Crippen LogP contribution in [0.25, 0.3) is 0 Å². The zero-order valence-electron chi connectivity index (χ0n) is 10.2. The second-order valence-electron chi connectivity index (χ2n) is 2.39. The fourth-order valence-corrected chi connectivity index (χ4v) is 0.875. The second-order valence-corrected chi connectivity index (χ2v) is 2.78. The molecule has 0 spiro atoms. The van der Waals surface area contributed by atoms with E-state index in [-0.39, 0.29) is 12.4 Å². The zero-order valence-corrected chi connectivity index (χ0v) is 7.91. The molecule has 1 heterocycles. The molecule has 0 unspecified atom stereocenters. The van der Waals surface area contributed by atoms with Crippen LogP contribution in [0.1, 0.15) is 16.5 Å². The minimum absolute atomic E-state index is 0.118. The van der Waals surface area contributed by atoms with Crippen molar-refractivity contribution in [1.82, 2.24) is 10.3 Å². The van der Waals surface area contributed by atoms with E-state index in [0.717, 1.165) is 0 Å². The third-order valence-corrected chi connectivity index (χ3v) is 1.61. The maximum absolute atomic E-state index is 8.41. The van der Waals surface area contributed by atoms with E-state index < -0.39 is 6.85 Å². The molecule has 0 atom stereocenters. The molecule has 1 rings (SSSR count). The number of pyridine rings is 1. The summed E-state index contributed by atoms with van der Waals surface area (Å²) in [5.41, 5.74) is 0.705. The Morgan fingerprint density at radius 3 is 3.29 bits per heavy atom. The van der Waals surface area contributed by atoms with Gasteiger partial charge < -0.3 is 0 Å². The third-order valence-electron chi connectivity index (χ3n) is 1.38. The molecule has 0 saturated carbocycles. The molecule has 0 bridgehead atoms. The molecule has 0 radical (unpaired) electrons. The highest BCUT2D eigenvalue weighted by Crippen LogP contribution is 2.05. The van der Waals surface area contributed by atoms with Crippen LogP contribution in [-0.2, 0) is 6.54 Å². The van der Waals surface area contributed by atoms with Crippen molar-refractivity contribution in [3.63, 3.8) is 0 Å². The summed E-state index contributed by atoms with van der Waals surface area (Å²) < 4.78 is 21.4. The highest BCUT2D eigenvalue weighted by Gasteiger charge is 1.93. The molecule has 72 valence electrons. The maximum Gasteiger partial charge on any atom is 0.182 e. The van der Waals surface area contributed by atoms with E-state index in [9.17, 15) is 0 Å². The predicted octanol–water partition coefficient (Wildman–Crippen LogP) is 1.72. The summed E-state index contributed by atoms with van der Waals surface area (Å²) >= 11 is 5.60. The van der Waals surface area contributed by atoms with E-state index in [0.29, 0.717) is 10.7 Å². The van der Waals surface area contributed by atoms with Gasteiger partial charge in [-0.05, 0) is 18.5 Å². The summed E-state index contributed by atoms with van der Waals surface area (Å²) in [5, 5.41) is 10.8. The first kappa shape index (κ1) is 6.80. The Balaban J connectivity index is 2.80.